The van der Waals surface area contributed by atoms with E-state index in [4.69, 9.17) is 8.94 Å². The highest BCUT2D eigenvalue weighted by Gasteiger charge is 2.13. The van der Waals surface area contributed by atoms with Crippen molar-refractivity contribution in [2.24, 2.45) is 0 Å². The van der Waals surface area contributed by atoms with Gasteiger partial charge in [-0.1, -0.05) is 11.2 Å². The molecule has 0 spiro atoms. The van der Waals surface area contributed by atoms with E-state index in [0.29, 0.717) is 12.3 Å². The number of benzene rings is 1. The van der Waals surface area contributed by atoms with E-state index < -0.39 is 0 Å². The smallest absolute Gasteiger partial charge is 0.191 e. The summed E-state index contributed by atoms with van der Waals surface area (Å²) in [6.45, 7) is 5.82. The SMILES string of the molecule is Cc1ccc2c(Cc3oc(C)nc3C)noc2c1. The van der Waals surface area contributed by atoms with Gasteiger partial charge in [0.05, 0.1) is 17.8 Å². The number of fused-ring (bicyclic) bond motifs is 1. The summed E-state index contributed by atoms with van der Waals surface area (Å²) < 4.78 is 10.9. The van der Waals surface area contributed by atoms with Gasteiger partial charge in [-0.2, -0.15) is 0 Å². The zero-order valence-electron chi connectivity index (χ0n) is 10.7. The Morgan fingerprint density at radius 1 is 1.17 bits per heavy atom. The molecule has 2 aromatic heterocycles. The van der Waals surface area contributed by atoms with Crippen LogP contribution in [0.1, 0.15) is 28.6 Å². The lowest BCUT2D eigenvalue weighted by Crippen LogP contribution is -1.89. The number of hydrogen-bond donors (Lipinski definition) is 0. The maximum absolute atomic E-state index is 5.57. The number of aryl methyl sites for hydroxylation is 3. The molecule has 18 heavy (non-hydrogen) atoms. The molecule has 0 aliphatic heterocycles. The van der Waals surface area contributed by atoms with Gasteiger partial charge in [-0.25, -0.2) is 4.98 Å². The predicted molar refractivity (Wildman–Crippen MR) is 67.5 cm³/mol. The van der Waals surface area contributed by atoms with Crippen LogP contribution >= 0.6 is 0 Å². The first-order chi connectivity index (χ1) is 8.63. The lowest BCUT2D eigenvalue weighted by molar-refractivity contribution is 0.438. The molecule has 4 heteroatoms. The fourth-order valence-electron chi connectivity index (χ4n) is 2.11. The molecule has 3 rings (SSSR count). The zero-order chi connectivity index (χ0) is 12.7. The Kier molecular flexibility index (Phi) is 2.44. The third-order valence-electron chi connectivity index (χ3n) is 3.03. The molecule has 0 unspecified atom stereocenters. The second-order valence-electron chi connectivity index (χ2n) is 4.55. The van der Waals surface area contributed by atoms with Crippen molar-refractivity contribution in [3.05, 3.63) is 46.8 Å². The van der Waals surface area contributed by atoms with Gasteiger partial charge >= 0.3 is 0 Å². The summed E-state index contributed by atoms with van der Waals surface area (Å²) >= 11 is 0. The van der Waals surface area contributed by atoms with Crippen LogP contribution < -0.4 is 0 Å². The molecule has 0 N–H and O–H groups in total. The maximum atomic E-state index is 5.57. The van der Waals surface area contributed by atoms with Crippen LogP contribution in [0.25, 0.3) is 11.0 Å². The number of oxazole rings is 1. The van der Waals surface area contributed by atoms with E-state index in [1.807, 2.05) is 32.9 Å². The Labute approximate surface area is 105 Å². The van der Waals surface area contributed by atoms with Crippen LogP contribution in [0.15, 0.2) is 27.1 Å². The quantitative estimate of drug-likeness (QED) is 0.691. The maximum Gasteiger partial charge on any atom is 0.191 e. The molecule has 0 bridgehead atoms. The highest BCUT2D eigenvalue weighted by Crippen LogP contribution is 2.23. The minimum atomic E-state index is 0.614. The van der Waals surface area contributed by atoms with Gasteiger partial charge in [-0.3, -0.25) is 0 Å². The molecule has 1 aromatic carbocycles. The van der Waals surface area contributed by atoms with Crippen LogP contribution in [0, 0.1) is 20.8 Å². The standard InChI is InChI=1S/C14H14N2O2/c1-8-4-5-11-12(16-18-14(11)6-8)7-13-9(2)15-10(3)17-13/h4-6H,7H2,1-3H3. The second kappa shape index (κ2) is 3.98. The topological polar surface area (TPSA) is 52.1 Å². The second-order valence-corrected chi connectivity index (χ2v) is 4.55. The third kappa shape index (κ3) is 1.79. The summed E-state index contributed by atoms with van der Waals surface area (Å²) in [7, 11) is 0. The molecule has 0 radical (unpaired) electrons. The largest absolute Gasteiger partial charge is 0.445 e. The molecular weight excluding hydrogens is 228 g/mol. The number of aromatic nitrogens is 2. The fourth-order valence-corrected chi connectivity index (χ4v) is 2.11. The van der Waals surface area contributed by atoms with Crippen molar-refractivity contribution in [1.29, 1.82) is 0 Å². The van der Waals surface area contributed by atoms with E-state index in [0.717, 1.165) is 33.7 Å². The normalized spacial score (nSPS) is 11.3. The lowest BCUT2D eigenvalue weighted by atomic mass is 10.1. The average Bonchev–Trinajstić information content (AvgIpc) is 2.84. The molecule has 0 amide bonds. The van der Waals surface area contributed by atoms with Gasteiger partial charge in [-0.15, -0.1) is 0 Å². The Morgan fingerprint density at radius 2 is 2.00 bits per heavy atom. The number of nitrogens with zero attached hydrogens (tertiary/aromatic N) is 2. The van der Waals surface area contributed by atoms with Crippen LogP contribution in [-0.4, -0.2) is 10.1 Å². The number of rotatable bonds is 2. The highest BCUT2D eigenvalue weighted by molar-refractivity contribution is 5.80. The molecule has 0 saturated carbocycles. The first-order valence-corrected chi connectivity index (χ1v) is 5.91. The fraction of sp³-hybridized carbons (Fsp3) is 0.286. The van der Waals surface area contributed by atoms with Gasteiger partial charge in [0.25, 0.3) is 0 Å². The molecule has 4 nitrogen and oxygen atoms in total. The summed E-state index contributed by atoms with van der Waals surface area (Å²) in [5.74, 6) is 1.54. The Hall–Kier alpha value is -2.10. The molecular formula is C14H14N2O2. The van der Waals surface area contributed by atoms with Gasteiger partial charge in [-0.05, 0) is 31.5 Å². The van der Waals surface area contributed by atoms with Gasteiger partial charge in [0, 0.05) is 12.3 Å². The number of hydrogen-bond acceptors (Lipinski definition) is 4. The summed E-state index contributed by atoms with van der Waals surface area (Å²) in [4.78, 5) is 4.26. The predicted octanol–water partition coefficient (Wildman–Crippen LogP) is 3.33. The van der Waals surface area contributed by atoms with E-state index in [1.165, 1.54) is 0 Å². The van der Waals surface area contributed by atoms with Crippen LogP contribution in [0.3, 0.4) is 0 Å². The van der Waals surface area contributed by atoms with Crippen molar-refractivity contribution < 1.29 is 8.94 Å². The monoisotopic (exact) mass is 242 g/mol. The highest BCUT2D eigenvalue weighted by atomic mass is 16.5. The van der Waals surface area contributed by atoms with Crippen molar-refractivity contribution >= 4 is 11.0 Å². The molecule has 0 fully saturated rings. The summed E-state index contributed by atoms with van der Waals surface area (Å²) in [5, 5.41) is 5.16. The molecule has 92 valence electrons. The van der Waals surface area contributed by atoms with Crippen molar-refractivity contribution in [1.82, 2.24) is 10.1 Å². The minimum absolute atomic E-state index is 0.614. The van der Waals surface area contributed by atoms with E-state index >= 15 is 0 Å². The van der Waals surface area contributed by atoms with Crippen molar-refractivity contribution in [3.63, 3.8) is 0 Å². The van der Waals surface area contributed by atoms with E-state index in [2.05, 4.69) is 16.2 Å². The summed E-state index contributed by atoms with van der Waals surface area (Å²) in [5.41, 5.74) is 3.79. The molecule has 0 aliphatic carbocycles. The lowest BCUT2D eigenvalue weighted by Gasteiger charge is -1.95. The molecule has 2 heterocycles. The first-order valence-electron chi connectivity index (χ1n) is 5.91. The zero-order valence-corrected chi connectivity index (χ0v) is 10.7. The van der Waals surface area contributed by atoms with E-state index in [1.54, 1.807) is 0 Å². The van der Waals surface area contributed by atoms with Crippen LogP contribution in [0.4, 0.5) is 0 Å². The molecule has 0 atom stereocenters. The van der Waals surface area contributed by atoms with Gasteiger partial charge in [0.1, 0.15) is 5.76 Å². The van der Waals surface area contributed by atoms with Crippen molar-refractivity contribution in [2.45, 2.75) is 27.2 Å². The van der Waals surface area contributed by atoms with Crippen LogP contribution in [-0.2, 0) is 6.42 Å². The van der Waals surface area contributed by atoms with E-state index in [9.17, 15) is 0 Å². The average molecular weight is 242 g/mol. The molecule has 0 aliphatic rings. The van der Waals surface area contributed by atoms with Crippen molar-refractivity contribution in [3.8, 4) is 0 Å². The van der Waals surface area contributed by atoms with Gasteiger partial charge in [0.2, 0.25) is 0 Å². The third-order valence-corrected chi connectivity index (χ3v) is 3.03. The Morgan fingerprint density at radius 3 is 2.72 bits per heavy atom. The van der Waals surface area contributed by atoms with Crippen LogP contribution in [0.2, 0.25) is 0 Å². The van der Waals surface area contributed by atoms with Gasteiger partial charge in [0.15, 0.2) is 11.5 Å². The summed E-state index contributed by atoms with van der Waals surface area (Å²) in [6.07, 6.45) is 0.614. The summed E-state index contributed by atoms with van der Waals surface area (Å²) in [6, 6.07) is 6.08. The Bertz CT molecular complexity index is 710. The molecule has 3 aromatic rings. The van der Waals surface area contributed by atoms with Crippen LogP contribution in [0.5, 0.6) is 0 Å². The Balaban J connectivity index is 2.02. The first kappa shape index (κ1) is 11.0. The van der Waals surface area contributed by atoms with E-state index in [-0.39, 0.29) is 0 Å². The van der Waals surface area contributed by atoms with Crippen molar-refractivity contribution in [2.75, 3.05) is 0 Å². The van der Waals surface area contributed by atoms with Gasteiger partial charge < -0.3 is 8.94 Å². The minimum Gasteiger partial charge on any atom is -0.445 e. The molecule has 0 saturated heterocycles.